The Balaban J connectivity index is 1.97. The van der Waals surface area contributed by atoms with Gasteiger partial charge in [-0.15, -0.1) is 0 Å². The van der Waals surface area contributed by atoms with Gasteiger partial charge >= 0.3 is 5.97 Å². The highest BCUT2D eigenvalue weighted by Gasteiger charge is 2.11. The highest BCUT2D eigenvalue weighted by molar-refractivity contribution is 6.05. The number of nitrogens with one attached hydrogen (secondary N) is 2. The molecule has 0 aliphatic carbocycles. The summed E-state index contributed by atoms with van der Waals surface area (Å²) in [5, 5.41) is 5.49. The zero-order valence-electron chi connectivity index (χ0n) is 15.3. The number of hydrogen-bond donors (Lipinski definition) is 2. The molecule has 0 atom stereocenters. The number of esters is 1. The van der Waals surface area contributed by atoms with E-state index in [-0.39, 0.29) is 11.8 Å². The van der Waals surface area contributed by atoms with Gasteiger partial charge in [0.2, 0.25) is 0 Å². The lowest BCUT2D eigenvalue weighted by molar-refractivity contribution is 0.0600. The predicted octanol–water partition coefficient (Wildman–Crippen LogP) is 2.49. The lowest BCUT2D eigenvalue weighted by Crippen LogP contribution is -2.25. The molecule has 0 aliphatic rings. The van der Waals surface area contributed by atoms with Crippen LogP contribution in [0.5, 0.6) is 0 Å². The minimum absolute atomic E-state index is 0.205. The third-order valence-electron chi connectivity index (χ3n) is 3.76. The first-order valence-corrected chi connectivity index (χ1v) is 8.42. The number of benzene rings is 2. The Morgan fingerprint density at radius 2 is 1.56 bits per heavy atom. The number of carbonyl (C=O) groups is 3. The topological polar surface area (TPSA) is 93.7 Å². The third-order valence-corrected chi connectivity index (χ3v) is 3.76. The first-order chi connectivity index (χ1) is 13.0. The molecule has 0 unspecified atom stereocenters. The number of ether oxygens (including phenoxy) is 2. The van der Waals surface area contributed by atoms with Crippen LogP contribution in [0.4, 0.5) is 5.69 Å². The van der Waals surface area contributed by atoms with E-state index in [0.29, 0.717) is 35.5 Å². The van der Waals surface area contributed by atoms with Gasteiger partial charge in [0.05, 0.1) is 12.7 Å². The lowest BCUT2D eigenvalue weighted by Gasteiger charge is -2.08. The Kier molecular flexibility index (Phi) is 7.51. The van der Waals surface area contributed by atoms with Crippen molar-refractivity contribution in [3.8, 4) is 0 Å². The van der Waals surface area contributed by atoms with Gasteiger partial charge < -0.3 is 20.1 Å². The van der Waals surface area contributed by atoms with Crippen LogP contribution in [0.1, 0.15) is 37.5 Å². The number of anilines is 1. The van der Waals surface area contributed by atoms with Gasteiger partial charge in [-0.1, -0.05) is 6.07 Å². The van der Waals surface area contributed by atoms with E-state index >= 15 is 0 Å². The van der Waals surface area contributed by atoms with E-state index in [0.717, 1.165) is 6.42 Å². The molecule has 2 aromatic carbocycles. The predicted molar refractivity (Wildman–Crippen MR) is 101 cm³/mol. The molecule has 0 heterocycles. The van der Waals surface area contributed by atoms with Crippen LogP contribution in [0.3, 0.4) is 0 Å². The van der Waals surface area contributed by atoms with E-state index < -0.39 is 5.97 Å². The SMILES string of the molecule is COCCCNC(=O)c1ccc(C(=O)Nc2cccc(C(=O)OC)c2)cc1. The van der Waals surface area contributed by atoms with Gasteiger partial charge in [0.15, 0.2) is 0 Å². The summed E-state index contributed by atoms with van der Waals surface area (Å²) in [6.45, 7) is 1.10. The molecule has 0 aliphatic heterocycles. The van der Waals surface area contributed by atoms with Crippen molar-refractivity contribution in [3.63, 3.8) is 0 Å². The summed E-state index contributed by atoms with van der Waals surface area (Å²) in [6, 6.07) is 12.8. The standard InChI is InChI=1S/C20H22N2O5/c1-26-12-4-11-21-18(23)14-7-9-15(10-8-14)19(24)22-17-6-3-5-16(13-17)20(25)27-2/h3,5-10,13H,4,11-12H2,1-2H3,(H,21,23)(H,22,24). The molecule has 7 heteroatoms. The van der Waals surface area contributed by atoms with Crippen LogP contribution in [0.2, 0.25) is 0 Å². The van der Waals surface area contributed by atoms with Gasteiger partial charge in [-0.3, -0.25) is 9.59 Å². The maximum atomic E-state index is 12.3. The van der Waals surface area contributed by atoms with Crippen molar-refractivity contribution in [1.29, 1.82) is 0 Å². The Labute approximate surface area is 157 Å². The summed E-state index contributed by atoms with van der Waals surface area (Å²) in [4.78, 5) is 35.9. The lowest BCUT2D eigenvalue weighted by atomic mass is 10.1. The van der Waals surface area contributed by atoms with E-state index in [1.165, 1.54) is 13.2 Å². The van der Waals surface area contributed by atoms with Gasteiger partial charge in [0.25, 0.3) is 11.8 Å². The molecule has 142 valence electrons. The monoisotopic (exact) mass is 370 g/mol. The van der Waals surface area contributed by atoms with Gasteiger partial charge in [-0.2, -0.15) is 0 Å². The van der Waals surface area contributed by atoms with Crippen molar-refractivity contribution >= 4 is 23.5 Å². The zero-order valence-corrected chi connectivity index (χ0v) is 15.3. The molecule has 2 aromatic rings. The fraction of sp³-hybridized carbons (Fsp3) is 0.250. The van der Waals surface area contributed by atoms with Gasteiger partial charge in [-0.05, 0) is 48.9 Å². The van der Waals surface area contributed by atoms with E-state index in [2.05, 4.69) is 15.4 Å². The normalized spacial score (nSPS) is 10.1. The number of amides is 2. The molecule has 0 radical (unpaired) electrons. The maximum Gasteiger partial charge on any atom is 0.337 e. The fourth-order valence-electron chi connectivity index (χ4n) is 2.34. The van der Waals surface area contributed by atoms with E-state index in [4.69, 9.17) is 4.74 Å². The van der Waals surface area contributed by atoms with Crippen LogP contribution in [0.25, 0.3) is 0 Å². The van der Waals surface area contributed by atoms with E-state index in [9.17, 15) is 14.4 Å². The minimum atomic E-state index is -0.480. The van der Waals surface area contributed by atoms with Gasteiger partial charge in [-0.25, -0.2) is 4.79 Å². The van der Waals surface area contributed by atoms with E-state index in [1.807, 2.05) is 0 Å². The molecule has 2 rings (SSSR count). The minimum Gasteiger partial charge on any atom is -0.465 e. The van der Waals surface area contributed by atoms with Crippen LogP contribution in [0, 0.1) is 0 Å². The Morgan fingerprint density at radius 3 is 2.19 bits per heavy atom. The van der Waals surface area contributed by atoms with Crippen LogP contribution in [0.15, 0.2) is 48.5 Å². The third kappa shape index (κ3) is 5.93. The number of methoxy groups -OCH3 is 2. The molecular weight excluding hydrogens is 348 g/mol. The fourth-order valence-corrected chi connectivity index (χ4v) is 2.34. The van der Waals surface area contributed by atoms with Crippen LogP contribution in [-0.2, 0) is 9.47 Å². The zero-order chi connectivity index (χ0) is 19.6. The second kappa shape index (κ2) is 10.1. The largest absolute Gasteiger partial charge is 0.465 e. The quantitative estimate of drug-likeness (QED) is 0.550. The molecule has 7 nitrogen and oxygen atoms in total. The summed E-state index contributed by atoms with van der Waals surface area (Å²) in [7, 11) is 2.90. The smallest absolute Gasteiger partial charge is 0.337 e. The average molecular weight is 370 g/mol. The summed E-state index contributed by atoms with van der Waals surface area (Å²) in [5.41, 5.74) is 1.68. The molecule has 2 amide bonds. The maximum absolute atomic E-state index is 12.3. The molecular formula is C20H22N2O5. The molecule has 2 N–H and O–H groups in total. The summed E-state index contributed by atoms with van der Waals surface area (Å²) in [5.74, 6) is -1.03. The molecule has 0 saturated carbocycles. The van der Waals surface area contributed by atoms with Crippen molar-refractivity contribution in [2.45, 2.75) is 6.42 Å². The van der Waals surface area contributed by atoms with Crippen molar-refractivity contribution in [2.24, 2.45) is 0 Å². The second-order valence-electron chi connectivity index (χ2n) is 5.71. The number of hydrogen-bond acceptors (Lipinski definition) is 5. The number of rotatable bonds is 8. The first kappa shape index (κ1) is 20.1. The second-order valence-corrected chi connectivity index (χ2v) is 5.71. The summed E-state index contributed by atoms with van der Waals surface area (Å²) >= 11 is 0. The summed E-state index contributed by atoms with van der Waals surface area (Å²) in [6.07, 6.45) is 0.730. The molecule has 0 bridgehead atoms. The Morgan fingerprint density at radius 1 is 0.889 bits per heavy atom. The van der Waals surface area contributed by atoms with Crippen molar-refractivity contribution in [3.05, 3.63) is 65.2 Å². The molecule has 27 heavy (non-hydrogen) atoms. The Hall–Kier alpha value is -3.19. The number of carbonyl (C=O) groups excluding carboxylic acids is 3. The molecule has 0 saturated heterocycles. The van der Waals surface area contributed by atoms with Crippen LogP contribution < -0.4 is 10.6 Å². The van der Waals surface area contributed by atoms with E-state index in [1.54, 1.807) is 49.6 Å². The molecule has 0 spiro atoms. The van der Waals surface area contributed by atoms with Gasteiger partial charge in [0.1, 0.15) is 0 Å². The highest BCUT2D eigenvalue weighted by atomic mass is 16.5. The highest BCUT2D eigenvalue weighted by Crippen LogP contribution is 2.14. The first-order valence-electron chi connectivity index (χ1n) is 8.42. The average Bonchev–Trinajstić information content (AvgIpc) is 2.70. The van der Waals surface area contributed by atoms with Crippen LogP contribution >= 0.6 is 0 Å². The van der Waals surface area contributed by atoms with Crippen molar-refractivity contribution in [2.75, 3.05) is 32.7 Å². The molecule has 0 aromatic heterocycles. The van der Waals surface area contributed by atoms with Crippen LogP contribution in [-0.4, -0.2) is 45.2 Å². The van der Waals surface area contributed by atoms with Crippen molar-refractivity contribution < 1.29 is 23.9 Å². The Bertz CT molecular complexity index is 802. The van der Waals surface area contributed by atoms with Crippen molar-refractivity contribution in [1.82, 2.24) is 5.32 Å². The summed E-state index contributed by atoms with van der Waals surface area (Å²) < 4.78 is 9.59. The molecule has 0 fully saturated rings. The van der Waals surface area contributed by atoms with Gasteiger partial charge in [0, 0.05) is 37.1 Å².